The van der Waals surface area contributed by atoms with Gasteiger partial charge in [0.05, 0.1) is 11.6 Å². The first-order chi connectivity index (χ1) is 15.9. The Labute approximate surface area is 194 Å². The standard InChI is InChI=1S/C24H23F2N3O3S/c1-15-8-10-16(11-9-15)22(31)29-12-4-5-17(13-29)21(30)28-24-27-19(14-33-24)18-6-2-3-7-20(18)32-23(25)26/h2-3,6-11,14,17,23H,4-5,12-13H2,1H3,(H,27,28,30). The average Bonchev–Trinajstić information content (AvgIpc) is 3.27. The molecule has 2 aromatic carbocycles. The lowest BCUT2D eigenvalue weighted by atomic mass is 9.96. The van der Waals surface area contributed by atoms with Gasteiger partial charge in [0, 0.05) is 29.6 Å². The number of benzene rings is 2. The molecule has 0 bridgehead atoms. The Hall–Kier alpha value is -3.33. The van der Waals surface area contributed by atoms with Crippen LogP contribution in [0.15, 0.2) is 53.9 Å². The van der Waals surface area contributed by atoms with E-state index in [1.165, 1.54) is 17.4 Å². The number of hydrogen-bond acceptors (Lipinski definition) is 5. The van der Waals surface area contributed by atoms with Crippen molar-refractivity contribution >= 4 is 28.3 Å². The van der Waals surface area contributed by atoms with E-state index < -0.39 is 6.61 Å². The highest BCUT2D eigenvalue weighted by atomic mass is 32.1. The van der Waals surface area contributed by atoms with Crippen molar-refractivity contribution in [2.75, 3.05) is 18.4 Å². The first-order valence-corrected chi connectivity index (χ1v) is 11.4. The van der Waals surface area contributed by atoms with Crippen LogP contribution in [0.5, 0.6) is 5.75 Å². The number of carbonyl (C=O) groups excluding carboxylic acids is 2. The Kier molecular flexibility index (Phi) is 6.98. The number of hydrogen-bond donors (Lipinski definition) is 1. The summed E-state index contributed by atoms with van der Waals surface area (Å²) < 4.78 is 29.9. The van der Waals surface area contributed by atoms with Gasteiger partial charge in [0.1, 0.15) is 5.75 Å². The highest BCUT2D eigenvalue weighted by molar-refractivity contribution is 7.14. The van der Waals surface area contributed by atoms with E-state index in [1.54, 1.807) is 40.6 Å². The first kappa shape index (κ1) is 22.8. The van der Waals surface area contributed by atoms with E-state index in [1.807, 2.05) is 19.1 Å². The third kappa shape index (κ3) is 5.54. The molecule has 1 fully saturated rings. The summed E-state index contributed by atoms with van der Waals surface area (Å²) in [5.41, 5.74) is 2.54. The second kappa shape index (κ2) is 10.1. The number of piperidine rings is 1. The molecule has 0 radical (unpaired) electrons. The van der Waals surface area contributed by atoms with Crippen LogP contribution in [-0.4, -0.2) is 41.4 Å². The molecule has 1 aliphatic rings. The third-order valence-corrected chi connectivity index (χ3v) is 6.25. The molecule has 2 heterocycles. The molecule has 3 aromatic rings. The first-order valence-electron chi connectivity index (χ1n) is 10.6. The zero-order valence-corrected chi connectivity index (χ0v) is 18.8. The summed E-state index contributed by atoms with van der Waals surface area (Å²) in [6.07, 6.45) is 1.41. The molecular formula is C24H23F2N3O3S. The fourth-order valence-corrected chi connectivity index (χ4v) is 4.51. The number of halogens is 2. The van der Waals surface area contributed by atoms with Crippen LogP contribution in [0.25, 0.3) is 11.3 Å². The molecule has 2 amide bonds. The molecule has 9 heteroatoms. The maximum Gasteiger partial charge on any atom is 0.387 e. The van der Waals surface area contributed by atoms with Gasteiger partial charge in [0.2, 0.25) is 5.91 Å². The molecule has 0 saturated carbocycles. The van der Waals surface area contributed by atoms with Gasteiger partial charge in [-0.1, -0.05) is 29.8 Å². The molecule has 172 valence electrons. The number of nitrogens with one attached hydrogen (secondary N) is 1. The van der Waals surface area contributed by atoms with Crippen LogP contribution in [-0.2, 0) is 4.79 Å². The minimum absolute atomic E-state index is 0.0215. The maximum absolute atomic E-state index is 12.9. The number of nitrogens with zero attached hydrogens (tertiary/aromatic N) is 2. The van der Waals surface area contributed by atoms with Crippen LogP contribution in [0.2, 0.25) is 0 Å². The predicted molar refractivity (Wildman–Crippen MR) is 123 cm³/mol. The van der Waals surface area contributed by atoms with Crippen molar-refractivity contribution in [2.24, 2.45) is 5.92 Å². The van der Waals surface area contributed by atoms with Gasteiger partial charge in [0.15, 0.2) is 5.13 Å². The zero-order valence-electron chi connectivity index (χ0n) is 18.0. The lowest BCUT2D eigenvalue weighted by molar-refractivity contribution is -0.121. The molecule has 1 aromatic heterocycles. The fraction of sp³-hybridized carbons (Fsp3) is 0.292. The van der Waals surface area contributed by atoms with E-state index in [2.05, 4.69) is 15.0 Å². The van der Waals surface area contributed by atoms with Gasteiger partial charge in [0.25, 0.3) is 5.91 Å². The van der Waals surface area contributed by atoms with Gasteiger partial charge >= 0.3 is 6.61 Å². The van der Waals surface area contributed by atoms with Gasteiger partial charge < -0.3 is 15.0 Å². The molecule has 1 unspecified atom stereocenters. The quantitative estimate of drug-likeness (QED) is 0.536. The van der Waals surface area contributed by atoms with Crippen molar-refractivity contribution in [3.63, 3.8) is 0 Å². The Bertz CT molecular complexity index is 1130. The van der Waals surface area contributed by atoms with Gasteiger partial charge in [-0.3, -0.25) is 9.59 Å². The van der Waals surface area contributed by atoms with Crippen molar-refractivity contribution in [3.8, 4) is 17.0 Å². The monoisotopic (exact) mass is 471 g/mol. The SMILES string of the molecule is Cc1ccc(C(=O)N2CCCC(C(=O)Nc3nc(-c4ccccc4OC(F)F)cs3)C2)cc1. The fourth-order valence-electron chi connectivity index (χ4n) is 3.79. The Morgan fingerprint density at radius 3 is 2.70 bits per heavy atom. The number of likely N-dealkylation sites (tertiary alicyclic amines) is 1. The van der Waals surface area contributed by atoms with Crippen LogP contribution < -0.4 is 10.1 Å². The summed E-state index contributed by atoms with van der Waals surface area (Å²) in [4.78, 5) is 31.8. The number of amides is 2. The van der Waals surface area contributed by atoms with Crippen LogP contribution in [0, 0.1) is 12.8 Å². The number of alkyl halides is 2. The Balaban J connectivity index is 1.41. The highest BCUT2D eigenvalue weighted by Crippen LogP contribution is 2.33. The highest BCUT2D eigenvalue weighted by Gasteiger charge is 2.29. The van der Waals surface area contributed by atoms with Crippen LogP contribution in [0.3, 0.4) is 0 Å². The largest absolute Gasteiger partial charge is 0.434 e. The Morgan fingerprint density at radius 1 is 1.18 bits per heavy atom. The van der Waals surface area contributed by atoms with Crippen molar-refractivity contribution in [3.05, 3.63) is 65.0 Å². The lowest BCUT2D eigenvalue weighted by Gasteiger charge is -2.32. The number of para-hydroxylation sites is 1. The third-order valence-electron chi connectivity index (χ3n) is 5.49. The summed E-state index contributed by atoms with van der Waals surface area (Å²) in [6, 6.07) is 13.8. The van der Waals surface area contributed by atoms with E-state index in [0.29, 0.717) is 41.5 Å². The number of aryl methyl sites for hydroxylation is 1. The minimum Gasteiger partial charge on any atom is -0.434 e. The molecule has 33 heavy (non-hydrogen) atoms. The summed E-state index contributed by atoms with van der Waals surface area (Å²) in [5, 5.41) is 4.85. The van der Waals surface area contributed by atoms with Crippen molar-refractivity contribution < 1.29 is 23.1 Å². The normalized spacial score (nSPS) is 16.0. The number of ether oxygens (including phenoxy) is 1. The lowest BCUT2D eigenvalue weighted by Crippen LogP contribution is -2.43. The number of rotatable bonds is 6. The number of thiazole rings is 1. The van der Waals surface area contributed by atoms with Gasteiger partial charge in [-0.05, 0) is 44.0 Å². The van der Waals surface area contributed by atoms with Gasteiger partial charge in [-0.25, -0.2) is 4.98 Å². The topological polar surface area (TPSA) is 71.5 Å². The molecule has 6 nitrogen and oxygen atoms in total. The van der Waals surface area contributed by atoms with Crippen molar-refractivity contribution in [2.45, 2.75) is 26.4 Å². The van der Waals surface area contributed by atoms with Crippen molar-refractivity contribution in [1.29, 1.82) is 0 Å². The zero-order chi connectivity index (χ0) is 23.4. The predicted octanol–water partition coefficient (Wildman–Crippen LogP) is 5.21. The maximum atomic E-state index is 12.9. The number of aromatic nitrogens is 1. The van der Waals surface area contributed by atoms with Gasteiger partial charge in [-0.15, -0.1) is 11.3 Å². The van der Waals surface area contributed by atoms with Crippen LogP contribution in [0.4, 0.5) is 13.9 Å². The summed E-state index contributed by atoms with van der Waals surface area (Å²) in [5.74, 6) is -0.628. The van der Waals surface area contributed by atoms with Crippen LogP contribution in [0.1, 0.15) is 28.8 Å². The molecule has 1 aliphatic heterocycles. The molecule has 0 aliphatic carbocycles. The van der Waals surface area contributed by atoms with E-state index in [4.69, 9.17) is 0 Å². The molecule has 1 saturated heterocycles. The summed E-state index contributed by atoms with van der Waals surface area (Å²) in [6.45, 7) is -0.0363. The number of anilines is 1. The van der Waals surface area contributed by atoms with E-state index in [-0.39, 0.29) is 23.5 Å². The van der Waals surface area contributed by atoms with E-state index >= 15 is 0 Å². The smallest absolute Gasteiger partial charge is 0.387 e. The molecule has 0 spiro atoms. The molecule has 1 atom stereocenters. The average molecular weight is 472 g/mol. The Morgan fingerprint density at radius 2 is 1.94 bits per heavy atom. The second-order valence-electron chi connectivity index (χ2n) is 7.86. The van der Waals surface area contributed by atoms with Crippen molar-refractivity contribution in [1.82, 2.24) is 9.88 Å². The summed E-state index contributed by atoms with van der Waals surface area (Å²) in [7, 11) is 0. The van der Waals surface area contributed by atoms with Crippen LogP contribution >= 0.6 is 11.3 Å². The van der Waals surface area contributed by atoms with Gasteiger partial charge in [-0.2, -0.15) is 8.78 Å². The van der Waals surface area contributed by atoms with E-state index in [9.17, 15) is 18.4 Å². The summed E-state index contributed by atoms with van der Waals surface area (Å²) >= 11 is 1.20. The number of carbonyl (C=O) groups is 2. The minimum atomic E-state index is -2.94. The van der Waals surface area contributed by atoms with E-state index in [0.717, 1.165) is 12.0 Å². The molecular weight excluding hydrogens is 448 g/mol. The molecule has 4 rings (SSSR count). The molecule has 1 N–H and O–H groups in total. The second-order valence-corrected chi connectivity index (χ2v) is 8.72.